The Morgan fingerprint density at radius 1 is 0.833 bits per heavy atom. The summed E-state index contributed by atoms with van der Waals surface area (Å²) < 4.78 is 1.99. The Labute approximate surface area is 210 Å². The van der Waals surface area contributed by atoms with Gasteiger partial charge < -0.3 is 19.8 Å². The monoisotopic (exact) mass is 473 g/mol. The minimum atomic E-state index is -0.854. The molecule has 2 N–H and O–H groups in total. The largest absolute Gasteiger partial charge is 0.322 e. The maximum Gasteiger partial charge on any atom is 0.254 e. The predicted molar refractivity (Wildman–Crippen MR) is 142 cm³/mol. The van der Waals surface area contributed by atoms with Gasteiger partial charge in [-0.25, -0.2) is 0 Å². The fraction of sp³-hybridized carbons (Fsp3) is 0.0968. The van der Waals surface area contributed by atoms with E-state index in [2.05, 4.69) is 6.07 Å². The summed E-state index contributed by atoms with van der Waals surface area (Å²) in [5, 5.41) is 0. The number of nitrogens with zero attached hydrogens (tertiary/aromatic N) is 2. The Morgan fingerprint density at radius 3 is 2.11 bits per heavy atom. The lowest BCUT2D eigenvalue weighted by molar-refractivity contribution is -0.112. The van der Waals surface area contributed by atoms with Crippen LogP contribution in [0.4, 0.5) is 0 Å². The number of rotatable bonds is 8. The molecule has 5 rings (SSSR count). The normalized spacial score (nSPS) is 12.7. The molecule has 5 nitrogen and oxygen atoms in total. The molecule has 5 heteroatoms. The van der Waals surface area contributed by atoms with Gasteiger partial charge >= 0.3 is 0 Å². The molecule has 0 fully saturated rings. The summed E-state index contributed by atoms with van der Waals surface area (Å²) in [5.41, 5.74) is 11.6. The molecule has 0 spiro atoms. The Kier molecular flexibility index (Phi) is 6.74. The summed E-state index contributed by atoms with van der Waals surface area (Å²) in [6.45, 7) is 0.176. The highest BCUT2D eigenvalue weighted by Crippen LogP contribution is 2.35. The lowest BCUT2D eigenvalue weighted by atomic mass is 9.99. The zero-order chi connectivity index (χ0) is 24.9. The molecule has 0 saturated heterocycles. The quantitative estimate of drug-likeness (QED) is 0.295. The van der Waals surface area contributed by atoms with Gasteiger partial charge in [0.2, 0.25) is 0 Å². The van der Waals surface area contributed by atoms with Crippen molar-refractivity contribution in [3.05, 3.63) is 138 Å². The van der Waals surface area contributed by atoms with E-state index in [0.717, 1.165) is 34.2 Å². The molecule has 0 aliphatic rings. The summed E-state index contributed by atoms with van der Waals surface area (Å²) in [6.07, 6.45) is 2.77. The molecule has 0 bridgehead atoms. The molecular formula is C31H27N3O2. The third kappa shape index (κ3) is 4.57. The van der Waals surface area contributed by atoms with Crippen molar-refractivity contribution in [3.8, 4) is 11.1 Å². The van der Waals surface area contributed by atoms with Crippen LogP contribution in [0.2, 0.25) is 0 Å². The van der Waals surface area contributed by atoms with Crippen LogP contribution in [0.5, 0.6) is 0 Å². The number of amides is 1. The van der Waals surface area contributed by atoms with Crippen LogP contribution in [0.15, 0.2) is 121 Å². The van der Waals surface area contributed by atoms with E-state index in [9.17, 15) is 9.59 Å². The van der Waals surface area contributed by atoms with E-state index in [0.29, 0.717) is 5.56 Å². The van der Waals surface area contributed by atoms with Crippen molar-refractivity contribution in [2.75, 3.05) is 6.54 Å². The minimum Gasteiger partial charge on any atom is -0.322 e. The molecule has 2 heterocycles. The summed E-state index contributed by atoms with van der Waals surface area (Å²) in [7, 11) is 0. The third-order valence-electron chi connectivity index (χ3n) is 6.45. The van der Waals surface area contributed by atoms with Gasteiger partial charge in [-0.15, -0.1) is 0 Å². The van der Waals surface area contributed by atoms with Crippen LogP contribution in [-0.4, -0.2) is 28.0 Å². The SMILES string of the molecule is NC(CN(C(=O)c1ccccc1)C(C=O)c1c(-c2ccccc2)cc2ccccn12)c1ccccc1. The average Bonchev–Trinajstić information content (AvgIpc) is 3.33. The Balaban J connectivity index is 1.66. The van der Waals surface area contributed by atoms with Crippen molar-refractivity contribution < 1.29 is 9.59 Å². The number of aldehydes is 1. The molecule has 3 aromatic carbocycles. The first-order chi connectivity index (χ1) is 17.7. The fourth-order valence-electron chi connectivity index (χ4n) is 4.67. The van der Waals surface area contributed by atoms with Gasteiger partial charge in [-0.1, -0.05) is 84.9 Å². The molecule has 0 aliphatic heterocycles. The Bertz CT molecular complexity index is 1460. The first-order valence-electron chi connectivity index (χ1n) is 11.9. The molecule has 0 aliphatic carbocycles. The molecule has 2 aromatic heterocycles. The van der Waals surface area contributed by atoms with Gasteiger partial charge in [-0.2, -0.15) is 0 Å². The fourth-order valence-corrected chi connectivity index (χ4v) is 4.67. The van der Waals surface area contributed by atoms with Gasteiger partial charge in [0.25, 0.3) is 5.91 Å². The average molecular weight is 474 g/mol. The lowest BCUT2D eigenvalue weighted by Gasteiger charge is -2.32. The Morgan fingerprint density at radius 2 is 1.44 bits per heavy atom. The summed E-state index contributed by atoms with van der Waals surface area (Å²) in [4.78, 5) is 28.4. The Hall–Kier alpha value is -4.48. The van der Waals surface area contributed by atoms with E-state index in [-0.39, 0.29) is 12.5 Å². The van der Waals surface area contributed by atoms with Crippen LogP contribution in [0.3, 0.4) is 0 Å². The van der Waals surface area contributed by atoms with Crippen LogP contribution >= 0.6 is 0 Å². The van der Waals surface area contributed by atoms with Crippen LogP contribution in [-0.2, 0) is 4.79 Å². The topological polar surface area (TPSA) is 67.8 Å². The van der Waals surface area contributed by atoms with Crippen molar-refractivity contribution in [1.29, 1.82) is 0 Å². The molecule has 5 aromatic rings. The number of pyridine rings is 1. The van der Waals surface area contributed by atoms with E-state index in [4.69, 9.17) is 5.73 Å². The maximum atomic E-state index is 13.9. The van der Waals surface area contributed by atoms with Gasteiger partial charge in [0.1, 0.15) is 12.3 Å². The van der Waals surface area contributed by atoms with Gasteiger partial charge in [-0.05, 0) is 41.5 Å². The van der Waals surface area contributed by atoms with Gasteiger partial charge in [0.15, 0.2) is 0 Å². The van der Waals surface area contributed by atoms with Crippen LogP contribution in [0.25, 0.3) is 16.6 Å². The molecule has 2 unspecified atom stereocenters. The number of benzene rings is 3. The predicted octanol–water partition coefficient (Wildman–Crippen LogP) is 5.69. The summed E-state index contributed by atoms with van der Waals surface area (Å²) in [5.74, 6) is -0.246. The van der Waals surface area contributed by atoms with Crippen molar-refractivity contribution in [1.82, 2.24) is 9.30 Å². The number of carbonyl (C=O) groups excluding carboxylic acids is 2. The first kappa shape index (κ1) is 23.3. The van der Waals surface area contributed by atoms with E-state index in [1.165, 1.54) is 0 Å². The summed E-state index contributed by atoms with van der Waals surface area (Å²) >= 11 is 0. The first-order valence-corrected chi connectivity index (χ1v) is 11.9. The molecule has 1 amide bonds. The smallest absolute Gasteiger partial charge is 0.254 e. The van der Waals surface area contributed by atoms with Crippen molar-refractivity contribution in [2.24, 2.45) is 5.73 Å². The highest BCUT2D eigenvalue weighted by Gasteiger charge is 2.32. The molecule has 0 radical (unpaired) electrons. The van der Waals surface area contributed by atoms with Crippen molar-refractivity contribution in [2.45, 2.75) is 12.1 Å². The second-order valence-electron chi connectivity index (χ2n) is 8.73. The minimum absolute atomic E-state index is 0.176. The number of nitrogens with two attached hydrogens (primary N) is 1. The molecule has 0 saturated carbocycles. The highest BCUT2D eigenvalue weighted by molar-refractivity contribution is 5.96. The van der Waals surface area contributed by atoms with Gasteiger partial charge in [0, 0.05) is 35.4 Å². The number of aromatic nitrogens is 1. The number of hydrogen-bond acceptors (Lipinski definition) is 3. The molecule has 178 valence electrons. The lowest BCUT2D eigenvalue weighted by Crippen LogP contribution is -2.41. The third-order valence-corrected chi connectivity index (χ3v) is 6.45. The van der Waals surface area contributed by atoms with Crippen molar-refractivity contribution in [3.63, 3.8) is 0 Å². The zero-order valence-corrected chi connectivity index (χ0v) is 19.8. The van der Waals surface area contributed by atoms with E-state index in [1.807, 2.05) is 108 Å². The van der Waals surface area contributed by atoms with Crippen LogP contribution < -0.4 is 5.73 Å². The van der Waals surface area contributed by atoms with Crippen LogP contribution in [0, 0.1) is 0 Å². The second-order valence-corrected chi connectivity index (χ2v) is 8.73. The number of hydrogen-bond donors (Lipinski definition) is 1. The van der Waals surface area contributed by atoms with E-state index in [1.54, 1.807) is 17.0 Å². The molecular weight excluding hydrogens is 446 g/mol. The second kappa shape index (κ2) is 10.4. The molecule has 36 heavy (non-hydrogen) atoms. The number of carbonyl (C=O) groups is 2. The van der Waals surface area contributed by atoms with Gasteiger partial charge in [0.05, 0.1) is 5.69 Å². The standard InChI is InChI=1S/C31H27N3O2/c32-28(24-14-6-2-7-15-24)21-34(31(36)25-16-8-3-9-17-25)29(22-35)30-27(23-12-4-1-5-13-23)20-26-18-10-11-19-33(26)30/h1-20,22,28-29H,21,32H2. The maximum absolute atomic E-state index is 13.9. The number of fused-ring (bicyclic) bond motifs is 1. The summed E-state index contributed by atoms with van der Waals surface area (Å²) in [6, 6.07) is 35.2. The van der Waals surface area contributed by atoms with E-state index < -0.39 is 12.1 Å². The van der Waals surface area contributed by atoms with Crippen molar-refractivity contribution >= 4 is 17.7 Å². The zero-order valence-electron chi connectivity index (χ0n) is 19.8. The molecule has 2 atom stereocenters. The highest BCUT2D eigenvalue weighted by atomic mass is 16.2. The van der Waals surface area contributed by atoms with E-state index >= 15 is 0 Å². The van der Waals surface area contributed by atoms with Gasteiger partial charge in [-0.3, -0.25) is 4.79 Å². The van der Waals surface area contributed by atoms with Crippen LogP contribution in [0.1, 0.15) is 33.7 Å².